The molecule has 3 aromatic rings. The SMILES string of the molecule is COc1cccc(-c2nn(-c3ccc(C)cc3)cc2C(=O)N2CCNCC2)c1.Cl. The summed E-state index contributed by atoms with van der Waals surface area (Å²) in [5.41, 5.74) is 4.25. The number of ether oxygens (including phenoxy) is 1. The fraction of sp³-hybridized carbons (Fsp3) is 0.273. The van der Waals surface area contributed by atoms with Crippen LogP contribution in [0.15, 0.2) is 54.7 Å². The lowest BCUT2D eigenvalue weighted by molar-refractivity contribution is 0.0736. The minimum absolute atomic E-state index is 0. The average molecular weight is 413 g/mol. The first-order chi connectivity index (χ1) is 13.7. The Balaban J connectivity index is 0.00000240. The van der Waals surface area contributed by atoms with Crippen LogP contribution in [0.2, 0.25) is 0 Å². The quantitative estimate of drug-likeness (QED) is 0.714. The van der Waals surface area contributed by atoms with Gasteiger partial charge in [-0.2, -0.15) is 5.10 Å². The van der Waals surface area contributed by atoms with Gasteiger partial charge < -0.3 is 15.0 Å². The van der Waals surface area contributed by atoms with Gasteiger partial charge in [0.25, 0.3) is 5.91 Å². The van der Waals surface area contributed by atoms with Crippen LogP contribution in [-0.2, 0) is 0 Å². The highest BCUT2D eigenvalue weighted by Crippen LogP contribution is 2.28. The second-order valence-electron chi connectivity index (χ2n) is 6.95. The maximum Gasteiger partial charge on any atom is 0.257 e. The van der Waals surface area contributed by atoms with Gasteiger partial charge in [0.1, 0.15) is 11.4 Å². The molecule has 0 atom stereocenters. The number of piperazine rings is 1. The van der Waals surface area contributed by atoms with Crippen molar-refractivity contribution in [3.63, 3.8) is 0 Å². The number of carbonyl (C=O) groups excluding carboxylic acids is 1. The molecule has 0 unspecified atom stereocenters. The molecule has 1 aliphatic rings. The van der Waals surface area contributed by atoms with Crippen molar-refractivity contribution in [2.24, 2.45) is 0 Å². The van der Waals surface area contributed by atoms with Gasteiger partial charge in [0.15, 0.2) is 0 Å². The smallest absolute Gasteiger partial charge is 0.257 e. The molecule has 0 aliphatic carbocycles. The highest BCUT2D eigenvalue weighted by atomic mass is 35.5. The molecule has 1 N–H and O–H groups in total. The first-order valence-corrected chi connectivity index (χ1v) is 9.47. The Morgan fingerprint density at radius 2 is 1.83 bits per heavy atom. The number of aromatic nitrogens is 2. The standard InChI is InChI=1S/C22H24N4O2.ClH/c1-16-6-8-18(9-7-16)26-15-20(22(27)25-12-10-23-11-13-25)21(24-26)17-4-3-5-19(14-17)28-2;/h3-9,14-15,23H,10-13H2,1-2H3;1H. The van der Waals surface area contributed by atoms with Crippen molar-refractivity contribution in [3.8, 4) is 22.7 Å². The van der Waals surface area contributed by atoms with E-state index in [0.717, 1.165) is 30.1 Å². The fourth-order valence-electron chi connectivity index (χ4n) is 3.38. The molecule has 2 heterocycles. The number of hydrogen-bond acceptors (Lipinski definition) is 4. The largest absolute Gasteiger partial charge is 0.497 e. The summed E-state index contributed by atoms with van der Waals surface area (Å²) in [5, 5.41) is 8.06. The molecule has 1 fully saturated rings. The van der Waals surface area contributed by atoms with Crippen molar-refractivity contribution < 1.29 is 9.53 Å². The van der Waals surface area contributed by atoms with Crippen LogP contribution in [0.1, 0.15) is 15.9 Å². The molecule has 0 radical (unpaired) electrons. The lowest BCUT2D eigenvalue weighted by Gasteiger charge is -2.27. The summed E-state index contributed by atoms with van der Waals surface area (Å²) in [6, 6.07) is 15.8. The van der Waals surface area contributed by atoms with Crippen LogP contribution >= 0.6 is 12.4 Å². The Labute approximate surface area is 176 Å². The van der Waals surface area contributed by atoms with E-state index >= 15 is 0 Å². The highest BCUT2D eigenvalue weighted by Gasteiger charge is 2.24. The summed E-state index contributed by atoms with van der Waals surface area (Å²) in [6.07, 6.45) is 1.84. The van der Waals surface area contributed by atoms with Gasteiger partial charge >= 0.3 is 0 Å². The Hall–Kier alpha value is -2.83. The van der Waals surface area contributed by atoms with E-state index in [1.165, 1.54) is 5.56 Å². The molecule has 4 rings (SSSR count). The molecule has 0 bridgehead atoms. The molecule has 6 nitrogen and oxygen atoms in total. The number of halogens is 1. The molecule has 1 amide bonds. The minimum Gasteiger partial charge on any atom is -0.497 e. The minimum atomic E-state index is 0. The van der Waals surface area contributed by atoms with Crippen LogP contribution in [0.25, 0.3) is 16.9 Å². The second kappa shape index (κ2) is 9.11. The van der Waals surface area contributed by atoms with E-state index in [0.29, 0.717) is 24.3 Å². The lowest BCUT2D eigenvalue weighted by atomic mass is 10.1. The Bertz CT molecular complexity index is 979. The van der Waals surface area contributed by atoms with Gasteiger partial charge in [0.2, 0.25) is 0 Å². The van der Waals surface area contributed by atoms with Crippen LogP contribution in [0.3, 0.4) is 0 Å². The van der Waals surface area contributed by atoms with E-state index in [2.05, 4.69) is 5.32 Å². The van der Waals surface area contributed by atoms with Gasteiger partial charge in [0, 0.05) is 37.9 Å². The van der Waals surface area contributed by atoms with E-state index in [9.17, 15) is 4.79 Å². The number of nitrogens with one attached hydrogen (secondary N) is 1. The van der Waals surface area contributed by atoms with Crippen LogP contribution in [0.4, 0.5) is 0 Å². The maximum absolute atomic E-state index is 13.3. The number of methoxy groups -OCH3 is 1. The molecular formula is C22H25ClN4O2. The number of aryl methyl sites for hydroxylation is 1. The van der Waals surface area contributed by atoms with E-state index in [1.807, 2.05) is 66.6 Å². The van der Waals surface area contributed by atoms with Crippen LogP contribution in [0, 0.1) is 6.92 Å². The van der Waals surface area contributed by atoms with Crippen molar-refractivity contribution >= 4 is 18.3 Å². The predicted octanol–water partition coefficient (Wildman–Crippen LogP) is 3.32. The molecule has 152 valence electrons. The third kappa shape index (κ3) is 4.44. The normalized spacial score (nSPS) is 13.7. The predicted molar refractivity (Wildman–Crippen MR) is 116 cm³/mol. The molecule has 1 aliphatic heterocycles. The highest BCUT2D eigenvalue weighted by molar-refractivity contribution is 6.00. The molecule has 1 aromatic heterocycles. The molecule has 2 aromatic carbocycles. The zero-order valence-corrected chi connectivity index (χ0v) is 17.4. The molecule has 0 spiro atoms. The summed E-state index contributed by atoms with van der Waals surface area (Å²) in [4.78, 5) is 15.1. The van der Waals surface area contributed by atoms with Gasteiger partial charge in [-0.25, -0.2) is 4.68 Å². The first-order valence-electron chi connectivity index (χ1n) is 9.47. The van der Waals surface area contributed by atoms with Gasteiger partial charge in [0.05, 0.1) is 18.4 Å². The summed E-state index contributed by atoms with van der Waals surface area (Å²) >= 11 is 0. The Kier molecular flexibility index (Phi) is 6.56. The molecular weight excluding hydrogens is 388 g/mol. The second-order valence-corrected chi connectivity index (χ2v) is 6.95. The zero-order valence-electron chi connectivity index (χ0n) is 16.6. The number of hydrogen-bond donors (Lipinski definition) is 1. The Morgan fingerprint density at radius 3 is 2.52 bits per heavy atom. The number of benzene rings is 2. The van der Waals surface area contributed by atoms with Crippen LogP contribution in [0.5, 0.6) is 5.75 Å². The van der Waals surface area contributed by atoms with Crippen molar-refractivity contribution in [2.75, 3.05) is 33.3 Å². The lowest BCUT2D eigenvalue weighted by Crippen LogP contribution is -2.46. The van der Waals surface area contributed by atoms with E-state index in [4.69, 9.17) is 9.84 Å². The maximum atomic E-state index is 13.3. The van der Waals surface area contributed by atoms with Crippen molar-refractivity contribution in [1.29, 1.82) is 0 Å². The summed E-state index contributed by atoms with van der Waals surface area (Å²) in [7, 11) is 1.64. The molecule has 1 saturated heterocycles. The van der Waals surface area contributed by atoms with Crippen molar-refractivity contribution in [3.05, 3.63) is 65.9 Å². The van der Waals surface area contributed by atoms with Crippen LogP contribution in [-0.4, -0.2) is 53.9 Å². The van der Waals surface area contributed by atoms with Crippen molar-refractivity contribution in [2.45, 2.75) is 6.92 Å². The van der Waals surface area contributed by atoms with E-state index < -0.39 is 0 Å². The third-order valence-electron chi connectivity index (χ3n) is 4.99. The number of rotatable bonds is 4. The summed E-state index contributed by atoms with van der Waals surface area (Å²) < 4.78 is 7.14. The first kappa shape index (κ1) is 20.9. The number of amides is 1. The van der Waals surface area contributed by atoms with Crippen molar-refractivity contribution in [1.82, 2.24) is 20.0 Å². The van der Waals surface area contributed by atoms with E-state index in [-0.39, 0.29) is 18.3 Å². The van der Waals surface area contributed by atoms with Gasteiger partial charge in [-0.3, -0.25) is 4.79 Å². The average Bonchev–Trinajstić information content (AvgIpc) is 3.20. The number of carbonyl (C=O) groups is 1. The number of nitrogens with zero attached hydrogens (tertiary/aromatic N) is 3. The zero-order chi connectivity index (χ0) is 19.5. The monoisotopic (exact) mass is 412 g/mol. The Morgan fingerprint density at radius 1 is 1.10 bits per heavy atom. The van der Waals surface area contributed by atoms with Crippen LogP contribution < -0.4 is 10.1 Å². The molecule has 7 heteroatoms. The van der Waals surface area contributed by atoms with Gasteiger partial charge in [-0.1, -0.05) is 29.8 Å². The third-order valence-corrected chi connectivity index (χ3v) is 4.99. The topological polar surface area (TPSA) is 59.4 Å². The summed E-state index contributed by atoms with van der Waals surface area (Å²) in [5.74, 6) is 0.751. The fourth-order valence-corrected chi connectivity index (χ4v) is 3.38. The molecule has 0 saturated carbocycles. The van der Waals surface area contributed by atoms with Gasteiger partial charge in [-0.15, -0.1) is 12.4 Å². The molecule has 29 heavy (non-hydrogen) atoms. The van der Waals surface area contributed by atoms with E-state index in [1.54, 1.807) is 11.8 Å². The van der Waals surface area contributed by atoms with Gasteiger partial charge in [-0.05, 0) is 31.2 Å². The summed E-state index contributed by atoms with van der Waals surface area (Å²) in [6.45, 7) is 5.07.